The molecule has 0 bridgehead atoms. The van der Waals surface area contributed by atoms with Gasteiger partial charge in [0.2, 0.25) is 0 Å². The van der Waals surface area contributed by atoms with Gasteiger partial charge in [0.05, 0.1) is 12.3 Å². The van der Waals surface area contributed by atoms with Crippen LogP contribution >= 0.6 is 0 Å². The Kier molecular flexibility index (Phi) is 4.73. The summed E-state index contributed by atoms with van der Waals surface area (Å²) in [7, 11) is 2.04. The third-order valence-electron chi connectivity index (χ3n) is 4.34. The maximum atomic E-state index is 5.74. The van der Waals surface area contributed by atoms with E-state index in [4.69, 9.17) is 4.42 Å². The van der Waals surface area contributed by atoms with E-state index < -0.39 is 0 Å². The number of nitrogens with one attached hydrogen (secondary N) is 1. The topological polar surface area (TPSA) is 28.4 Å². The third kappa shape index (κ3) is 3.36. The summed E-state index contributed by atoms with van der Waals surface area (Å²) in [6.07, 6.45) is 4.35. The van der Waals surface area contributed by atoms with Crippen molar-refractivity contribution in [2.24, 2.45) is 5.92 Å². The maximum Gasteiger partial charge on any atom is 0.125 e. The fourth-order valence-corrected chi connectivity index (χ4v) is 3.42. The second kappa shape index (κ2) is 6.92. The Labute approximate surface area is 127 Å². The number of furan rings is 1. The van der Waals surface area contributed by atoms with E-state index in [0.29, 0.717) is 0 Å². The zero-order chi connectivity index (χ0) is 14.5. The van der Waals surface area contributed by atoms with E-state index in [1.54, 1.807) is 6.26 Å². The zero-order valence-electron chi connectivity index (χ0n) is 12.7. The lowest BCUT2D eigenvalue weighted by Gasteiger charge is -2.37. The van der Waals surface area contributed by atoms with Gasteiger partial charge in [0.25, 0.3) is 0 Å². The van der Waals surface area contributed by atoms with Gasteiger partial charge in [-0.1, -0.05) is 30.3 Å². The van der Waals surface area contributed by atoms with E-state index in [0.717, 1.165) is 31.3 Å². The number of hydrogen-bond acceptors (Lipinski definition) is 3. The van der Waals surface area contributed by atoms with E-state index in [-0.39, 0.29) is 6.04 Å². The molecule has 2 aromatic rings. The predicted octanol–water partition coefficient (Wildman–Crippen LogP) is 3.30. The van der Waals surface area contributed by atoms with Gasteiger partial charge in [-0.15, -0.1) is 0 Å². The molecular weight excluding hydrogens is 260 g/mol. The average Bonchev–Trinajstić information content (AvgIpc) is 3.03. The molecular formula is C18H24N2O. The SMILES string of the molecule is CNCC1CCCN(C(c2ccccc2)c2ccco2)C1. The lowest BCUT2D eigenvalue weighted by molar-refractivity contribution is 0.129. The highest BCUT2D eigenvalue weighted by atomic mass is 16.3. The van der Waals surface area contributed by atoms with Crippen LogP contribution in [0.25, 0.3) is 0 Å². The summed E-state index contributed by atoms with van der Waals surface area (Å²) in [4.78, 5) is 2.57. The lowest BCUT2D eigenvalue weighted by atomic mass is 9.94. The van der Waals surface area contributed by atoms with Gasteiger partial charge in [0, 0.05) is 6.54 Å². The van der Waals surface area contributed by atoms with Gasteiger partial charge in [-0.25, -0.2) is 0 Å². The van der Waals surface area contributed by atoms with Crippen LogP contribution < -0.4 is 5.32 Å². The van der Waals surface area contributed by atoms with Gasteiger partial charge in [-0.2, -0.15) is 0 Å². The Morgan fingerprint density at radius 3 is 2.81 bits per heavy atom. The maximum absolute atomic E-state index is 5.74. The summed E-state index contributed by atoms with van der Waals surface area (Å²) in [6, 6.07) is 15.0. The van der Waals surface area contributed by atoms with Crippen molar-refractivity contribution in [3.63, 3.8) is 0 Å². The summed E-state index contributed by atoms with van der Waals surface area (Å²) in [5.41, 5.74) is 1.32. The zero-order valence-corrected chi connectivity index (χ0v) is 12.7. The average molecular weight is 284 g/mol. The molecule has 21 heavy (non-hydrogen) atoms. The molecule has 1 saturated heterocycles. The molecule has 1 aliphatic heterocycles. The minimum Gasteiger partial charge on any atom is -0.467 e. The minimum absolute atomic E-state index is 0.237. The van der Waals surface area contributed by atoms with Crippen molar-refractivity contribution in [2.75, 3.05) is 26.7 Å². The number of rotatable bonds is 5. The van der Waals surface area contributed by atoms with Gasteiger partial charge >= 0.3 is 0 Å². The highest BCUT2D eigenvalue weighted by Crippen LogP contribution is 2.32. The highest BCUT2D eigenvalue weighted by Gasteiger charge is 2.29. The van der Waals surface area contributed by atoms with E-state index in [2.05, 4.69) is 46.6 Å². The second-order valence-electron chi connectivity index (χ2n) is 5.89. The molecule has 2 heterocycles. The van der Waals surface area contributed by atoms with Crippen LogP contribution in [0, 0.1) is 5.92 Å². The third-order valence-corrected chi connectivity index (χ3v) is 4.34. The Bertz CT molecular complexity index is 521. The molecule has 3 nitrogen and oxygen atoms in total. The fraction of sp³-hybridized carbons (Fsp3) is 0.444. The first kappa shape index (κ1) is 14.4. The van der Waals surface area contributed by atoms with Crippen LogP contribution in [0.15, 0.2) is 53.1 Å². The Morgan fingerprint density at radius 2 is 2.10 bits per heavy atom. The van der Waals surface area contributed by atoms with Gasteiger partial charge in [0.1, 0.15) is 5.76 Å². The molecule has 1 aliphatic rings. The number of hydrogen-bond donors (Lipinski definition) is 1. The predicted molar refractivity (Wildman–Crippen MR) is 85.2 cm³/mol. The molecule has 1 fully saturated rings. The molecule has 0 amide bonds. The molecule has 2 atom stereocenters. The van der Waals surface area contributed by atoms with Crippen LogP contribution in [0.2, 0.25) is 0 Å². The minimum atomic E-state index is 0.237. The Hall–Kier alpha value is -1.58. The standard InChI is InChI=1S/C18H24N2O/c1-19-13-15-7-5-11-20(14-15)18(17-10-6-12-21-17)16-8-3-2-4-9-16/h2-4,6,8-10,12,15,18-19H,5,7,11,13-14H2,1H3. The van der Waals surface area contributed by atoms with Crippen molar-refractivity contribution in [1.29, 1.82) is 0 Å². The van der Waals surface area contributed by atoms with Crippen LogP contribution in [-0.4, -0.2) is 31.6 Å². The molecule has 112 valence electrons. The molecule has 1 aromatic carbocycles. The first-order valence-corrected chi connectivity index (χ1v) is 7.85. The molecule has 1 N–H and O–H groups in total. The van der Waals surface area contributed by atoms with Gasteiger partial charge in [-0.05, 0) is 56.6 Å². The van der Waals surface area contributed by atoms with Crippen LogP contribution in [0.1, 0.15) is 30.2 Å². The summed E-state index contributed by atoms with van der Waals surface area (Å²) in [5.74, 6) is 1.77. The van der Waals surface area contributed by atoms with Crippen LogP contribution in [0.3, 0.4) is 0 Å². The molecule has 2 unspecified atom stereocenters. The number of likely N-dealkylation sites (tertiary alicyclic amines) is 1. The van der Waals surface area contributed by atoms with Crippen molar-refractivity contribution in [3.05, 3.63) is 60.1 Å². The first-order valence-electron chi connectivity index (χ1n) is 7.85. The van der Waals surface area contributed by atoms with E-state index in [9.17, 15) is 0 Å². The Balaban J connectivity index is 1.85. The van der Waals surface area contributed by atoms with Crippen molar-refractivity contribution >= 4 is 0 Å². The van der Waals surface area contributed by atoms with Crippen molar-refractivity contribution in [2.45, 2.75) is 18.9 Å². The quantitative estimate of drug-likeness (QED) is 0.913. The normalized spacial score (nSPS) is 21.3. The van der Waals surface area contributed by atoms with Crippen molar-refractivity contribution in [1.82, 2.24) is 10.2 Å². The Morgan fingerprint density at radius 1 is 1.24 bits per heavy atom. The van der Waals surface area contributed by atoms with E-state index >= 15 is 0 Å². The molecule has 0 spiro atoms. The summed E-state index contributed by atoms with van der Waals surface area (Å²) < 4.78 is 5.74. The molecule has 0 radical (unpaired) electrons. The summed E-state index contributed by atoms with van der Waals surface area (Å²) in [6.45, 7) is 3.36. The molecule has 3 heteroatoms. The van der Waals surface area contributed by atoms with Crippen LogP contribution in [-0.2, 0) is 0 Å². The van der Waals surface area contributed by atoms with Crippen LogP contribution in [0.5, 0.6) is 0 Å². The number of benzene rings is 1. The second-order valence-corrected chi connectivity index (χ2v) is 5.89. The molecule has 3 rings (SSSR count). The number of nitrogens with zero attached hydrogens (tertiary/aromatic N) is 1. The first-order chi connectivity index (χ1) is 10.4. The van der Waals surface area contributed by atoms with Gasteiger partial charge < -0.3 is 9.73 Å². The summed E-state index contributed by atoms with van der Waals surface area (Å²) in [5, 5.41) is 3.32. The van der Waals surface area contributed by atoms with Crippen molar-refractivity contribution in [3.8, 4) is 0 Å². The summed E-state index contributed by atoms with van der Waals surface area (Å²) >= 11 is 0. The fourth-order valence-electron chi connectivity index (χ4n) is 3.42. The monoisotopic (exact) mass is 284 g/mol. The molecule has 1 aromatic heterocycles. The highest BCUT2D eigenvalue weighted by molar-refractivity contribution is 5.26. The van der Waals surface area contributed by atoms with Crippen molar-refractivity contribution < 1.29 is 4.42 Å². The lowest BCUT2D eigenvalue weighted by Crippen LogP contribution is -2.41. The largest absolute Gasteiger partial charge is 0.467 e. The van der Waals surface area contributed by atoms with E-state index in [1.807, 2.05) is 13.1 Å². The molecule has 0 aliphatic carbocycles. The number of piperidine rings is 1. The molecule has 0 saturated carbocycles. The van der Waals surface area contributed by atoms with Crippen LogP contribution in [0.4, 0.5) is 0 Å². The van der Waals surface area contributed by atoms with E-state index in [1.165, 1.54) is 18.4 Å². The van der Waals surface area contributed by atoms with Gasteiger partial charge in [0.15, 0.2) is 0 Å². The smallest absolute Gasteiger partial charge is 0.125 e. The van der Waals surface area contributed by atoms with Gasteiger partial charge in [-0.3, -0.25) is 4.90 Å².